The minimum absolute atomic E-state index is 0.0375. The van der Waals surface area contributed by atoms with Gasteiger partial charge in [0.1, 0.15) is 11.0 Å². The smallest absolute Gasteiger partial charge is 0.251 e. The number of rotatable bonds is 3. The molecular formula is C20H32ClN3O. The number of amides is 1. The number of carbonyl (C=O) groups is 1. The first-order chi connectivity index (χ1) is 12.1. The van der Waals surface area contributed by atoms with E-state index in [9.17, 15) is 4.79 Å². The standard InChI is InChI=1S/C20H32ClN3O/c1-24(2)19-15-16(14-18(21)23-19)20(25)22-17-12-10-8-6-4-3-5-7-9-11-13-17/h14-15,17H,3-13H2,1-2H3,(H,22,25). The molecule has 0 saturated heterocycles. The average Bonchev–Trinajstić information content (AvgIpc) is 2.56. The van der Waals surface area contributed by atoms with Crippen LogP contribution >= 0.6 is 11.6 Å². The molecule has 25 heavy (non-hydrogen) atoms. The quantitative estimate of drug-likeness (QED) is 0.748. The van der Waals surface area contributed by atoms with Crippen molar-refractivity contribution in [2.24, 2.45) is 0 Å². The third kappa shape index (κ3) is 7.23. The lowest BCUT2D eigenvalue weighted by molar-refractivity contribution is 0.0931. The molecule has 1 saturated carbocycles. The molecule has 4 nitrogen and oxygen atoms in total. The summed E-state index contributed by atoms with van der Waals surface area (Å²) < 4.78 is 0. The van der Waals surface area contributed by atoms with Crippen LogP contribution in [0, 0.1) is 0 Å². The first kappa shape index (κ1) is 20.0. The van der Waals surface area contributed by atoms with Crippen LogP contribution in [0.3, 0.4) is 0 Å². The van der Waals surface area contributed by atoms with Crippen LogP contribution in [0.15, 0.2) is 12.1 Å². The van der Waals surface area contributed by atoms with E-state index in [1.807, 2.05) is 19.0 Å². The van der Waals surface area contributed by atoms with Crippen molar-refractivity contribution in [2.75, 3.05) is 19.0 Å². The molecule has 1 aliphatic rings. The van der Waals surface area contributed by atoms with Crippen LogP contribution in [0.5, 0.6) is 0 Å². The highest BCUT2D eigenvalue weighted by atomic mass is 35.5. The summed E-state index contributed by atoms with van der Waals surface area (Å²) >= 11 is 6.08. The predicted molar refractivity (Wildman–Crippen MR) is 106 cm³/mol. The van der Waals surface area contributed by atoms with Crippen LogP contribution in [0.25, 0.3) is 0 Å². The van der Waals surface area contributed by atoms with Gasteiger partial charge in [0.05, 0.1) is 0 Å². The van der Waals surface area contributed by atoms with Crippen molar-refractivity contribution in [1.29, 1.82) is 0 Å². The molecule has 1 N–H and O–H groups in total. The molecule has 1 aromatic rings. The van der Waals surface area contributed by atoms with Crippen molar-refractivity contribution in [3.8, 4) is 0 Å². The van der Waals surface area contributed by atoms with E-state index in [2.05, 4.69) is 10.3 Å². The molecule has 1 fully saturated rings. The number of halogens is 1. The van der Waals surface area contributed by atoms with Gasteiger partial charge < -0.3 is 10.2 Å². The fourth-order valence-electron chi connectivity index (χ4n) is 3.42. The minimum Gasteiger partial charge on any atom is -0.363 e. The van der Waals surface area contributed by atoms with E-state index in [-0.39, 0.29) is 11.9 Å². The summed E-state index contributed by atoms with van der Waals surface area (Å²) in [4.78, 5) is 18.8. The molecule has 0 atom stereocenters. The molecule has 0 spiro atoms. The molecule has 1 heterocycles. The highest BCUT2D eigenvalue weighted by molar-refractivity contribution is 6.29. The van der Waals surface area contributed by atoms with Gasteiger partial charge in [0.25, 0.3) is 5.91 Å². The highest BCUT2D eigenvalue weighted by Crippen LogP contribution is 2.19. The van der Waals surface area contributed by atoms with Crippen LogP contribution in [0.1, 0.15) is 81.0 Å². The van der Waals surface area contributed by atoms with E-state index in [1.165, 1.54) is 57.8 Å². The van der Waals surface area contributed by atoms with E-state index in [4.69, 9.17) is 11.6 Å². The second-order valence-corrected chi connectivity index (χ2v) is 7.75. The maximum atomic E-state index is 12.7. The third-order valence-electron chi connectivity index (χ3n) is 4.94. The molecule has 140 valence electrons. The molecule has 1 aromatic heterocycles. The second-order valence-electron chi connectivity index (χ2n) is 7.36. The van der Waals surface area contributed by atoms with Gasteiger partial charge >= 0.3 is 0 Å². The molecule has 1 aliphatic carbocycles. The van der Waals surface area contributed by atoms with E-state index >= 15 is 0 Å². The first-order valence-electron chi connectivity index (χ1n) is 9.72. The summed E-state index contributed by atoms with van der Waals surface area (Å²) in [7, 11) is 3.79. The van der Waals surface area contributed by atoms with Gasteiger partial charge in [-0.1, -0.05) is 69.4 Å². The van der Waals surface area contributed by atoms with Crippen LogP contribution in [0.2, 0.25) is 5.15 Å². The lowest BCUT2D eigenvalue weighted by Crippen LogP contribution is -2.35. The number of hydrogen-bond donors (Lipinski definition) is 1. The molecule has 0 aromatic carbocycles. The number of aromatic nitrogens is 1. The monoisotopic (exact) mass is 365 g/mol. The molecule has 0 aliphatic heterocycles. The van der Waals surface area contributed by atoms with Crippen LogP contribution in [-0.4, -0.2) is 31.0 Å². The van der Waals surface area contributed by atoms with Gasteiger partial charge in [0.15, 0.2) is 0 Å². The van der Waals surface area contributed by atoms with Crippen molar-refractivity contribution < 1.29 is 4.79 Å². The Morgan fingerprint density at radius 1 is 1.00 bits per heavy atom. The number of carbonyl (C=O) groups excluding carboxylic acids is 1. The van der Waals surface area contributed by atoms with Gasteiger partial charge in [-0.05, 0) is 25.0 Å². The van der Waals surface area contributed by atoms with Crippen molar-refractivity contribution >= 4 is 23.3 Å². The highest BCUT2D eigenvalue weighted by Gasteiger charge is 2.16. The molecule has 0 unspecified atom stereocenters. The van der Waals surface area contributed by atoms with Gasteiger partial charge in [0, 0.05) is 25.7 Å². The number of nitrogens with one attached hydrogen (secondary N) is 1. The molecule has 1 amide bonds. The molecule has 0 radical (unpaired) electrons. The summed E-state index contributed by atoms with van der Waals surface area (Å²) in [6, 6.07) is 3.72. The number of pyridine rings is 1. The van der Waals surface area contributed by atoms with Gasteiger partial charge in [-0.25, -0.2) is 4.98 Å². The maximum absolute atomic E-state index is 12.7. The van der Waals surface area contributed by atoms with Gasteiger partial charge in [-0.2, -0.15) is 0 Å². The summed E-state index contributed by atoms with van der Waals surface area (Å²) in [6.45, 7) is 0. The van der Waals surface area contributed by atoms with E-state index in [0.29, 0.717) is 16.5 Å². The Labute approximate surface area is 157 Å². The number of hydrogen-bond acceptors (Lipinski definition) is 3. The Balaban J connectivity index is 1.98. The van der Waals surface area contributed by atoms with Crippen molar-refractivity contribution in [3.05, 3.63) is 22.8 Å². The lowest BCUT2D eigenvalue weighted by atomic mass is 9.97. The van der Waals surface area contributed by atoms with Crippen LogP contribution in [0.4, 0.5) is 5.82 Å². The van der Waals surface area contributed by atoms with Crippen molar-refractivity contribution in [1.82, 2.24) is 10.3 Å². The normalized spacial score (nSPS) is 18.0. The zero-order valence-electron chi connectivity index (χ0n) is 15.7. The van der Waals surface area contributed by atoms with E-state index in [1.54, 1.807) is 12.1 Å². The SMILES string of the molecule is CN(C)c1cc(C(=O)NC2CCCCCCCCCCC2)cc(Cl)n1. The number of anilines is 1. The fraction of sp³-hybridized carbons (Fsp3) is 0.700. The number of nitrogens with zero attached hydrogens (tertiary/aromatic N) is 2. The maximum Gasteiger partial charge on any atom is 0.251 e. The molecule has 0 bridgehead atoms. The summed E-state index contributed by atoms with van der Waals surface area (Å²) in [5, 5.41) is 3.59. The average molecular weight is 366 g/mol. The van der Waals surface area contributed by atoms with Crippen molar-refractivity contribution in [3.63, 3.8) is 0 Å². The van der Waals surface area contributed by atoms with Gasteiger partial charge in [-0.15, -0.1) is 0 Å². The Morgan fingerprint density at radius 3 is 2.04 bits per heavy atom. The molecule has 5 heteroatoms. The van der Waals surface area contributed by atoms with Gasteiger partial charge in [-0.3, -0.25) is 4.79 Å². The Kier molecular flexibility index (Phi) is 8.53. The Hall–Kier alpha value is -1.29. The summed E-state index contributed by atoms with van der Waals surface area (Å²) in [6.07, 6.45) is 13.9. The zero-order chi connectivity index (χ0) is 18.1. The predicted octanol–water partition coefficient (Wildman–Crippen LogP) is 5.20. The van der Waals surface area contributed by atoms with E-state index < -0.39 is 0 Å². The Morgan fingerprint density at radius 2 is 1.52 bits per heavy atom. The van der Waals surface area contributed by atoms with Crippen LogP contribution < -0.4 is 10.2 Å². The third-order valence-corrected chi connectivity index (χ3v) is 5.13. The first-order valence-corrected chi connectivity index (χ1v) is 10.1. The van der Waals surface area contributed by atoms with Gasteiger partial charge in [0.2, 0.25) is 0 Å². The summed E-state index contributed by atoms with van der Waals surface area (Å²) in [5.41, 5.74) is 0.592. The summed E-state index contributed by atoms with van der Waals surface area (Å²) in [5.74, 6) is 0.667. The zero-order valence-corrected chi connectivity index (χ0v) is 16.4. The molecule has 2 rings (SSSR count). The van der Waals surface area contributed by atoms with E-state index in [0.717, 1.165) is 12.8 Å². The topological polar surface area (TPSA) is 45.2 Å². The van der Waals surface area contributed by atoms with Crippen LogP contribution in [-0.2, 0) is 0 Å². The Bertz CT molecular complexity index is 536. The molecular weight excluding hydrogens is 334 g/mol. The minimum atomic E-state index is -0.0375. The van der Waals surface area contributed by atoms with Crippen molar-refractivity contribution in [2.45, 2.75) is 76.7 Å². The second kappa shape index (κ2) is 10.6. The largest absolute Gasteiger partial charge is 0.363 e. The fourth-order valence-corrected chi connectivity index (χ4v) is 3.62. The lowest BCUT2D eigenvalue weighted by Gasteiger charge is -2.20.